The molecule has 0 aliphatic carbocycles. The second-order valence-corrected chi connectivity index (χ2v) is 9.63. The molecule has 38 heavy (non-hydrogen) atoms. The number of carbonyl (C=O) groups excluding carboxylic acids is 2. The van der Waals surface area contributed by atoms with Gasteiger partial charge in [-0.2, -0.15) is 0 Å². The highest BCUT2D eigenvalue weighted by molar-refractivity contribution is 9.10. The van der Waals surface area contributed by atoms with Crippen molar-refractivity contribution in [3.63, 3.8) is 0 Å². The third kappa shape index (κ3) is 4.64. The zero-order valence-corrected chi connectivity index (χ0v) is 21.4. The van der Waals surface area contributed by atoms with Gasteiger partial charge in [0.05, 0.1) is 23.3 Å². The van der Waals surface area contributed by atoms with Crippen LogP contribution in [-0.4, -0.2) is 37.4 Å². The van der Waals surface area contributed by atoms with Gasteiger partial charge in [-0.3, -0.25) is 9.59 Å². The molecule has 2 heterocycles. The molecule has 0 aliphatic rings. The molecule has 4 N–H and O–H groups in total. The van der Waals surface area contributed by atoms with E-state index in [0.29, 0.717) is 34.0 Å². The second-order valence-electron chi connectivity index (χ2n) is 8.71. The third-order valence-electron chi connectivity index (χ3n) is 6.24. The summed E-state index contributed by atoms with van der Waals surface area (Å²) in [7, 11) is 0. The van der Waals surface area contributed by atoms with E-state index >= 15 is 0 Å². The lowest BCUT2D eigenvalue weighted by Gasteiger charge is -2.09. The van der Waals surface area contributed by atoms with Crippen LogP contribution in [0.4, 0.5) is 11.4 Å². The predicted molar refractivity (Wildman–Crippen MR) is 150 cm³/mol. The van der Waals surface area contributed by atoms with Crippen LogP contribution in [0.2, 0.25) is 0 Å². The van der Waals surface area contributed by atoms with Crippen molar-refractivity contribution in [2.45, 2.75) is 6.42 Å². The molecule has 6 aromatic rings. The molecule has 0 atom stereocenters. The zero-order valence-electron chi connectivity index (χ0n) is 19.8. The topological polar surface area (TPSA) is 128 Å². The normalized spacial score (nSPS) is 11.1. The molecule has 2 amide bonds. The van der Waals surface area contributed by atoms with Gasteiger partial charge in [0.25, 0.3) is 5.91 Å². The largest absolute Gasteiger partial charge is 0.349 e. The molecule has 0 unspecified atom stereocenters. The molecule has 4 aromatic carbocycles. The Bertz CT molecular complexity index is 1810. The maximum atomic E-state index is 13.2. The first kappa shape index (κ1) is 23.6. The number of carbonyl (C=O) groups is 2. The summed E-state index contributed by atoms with van der Waals surface area (Å²) in [5.74, 6) is -0.0608. The molecule has 0 saturated heterocycles. The molecule has 0 fully saturated rings. The Morgan fingerprint density at radius 3 is 2.53 bits per heavy atom. The Balaban J connectivity index is 1.24. The van der Waals surface area contributed by atoms with Crippen molar-refractivity contribution in [3.8, 4) is 11.4 Å². The number of H-pyrrole nitrogens is 2. The van der Waals surface area contributed by atoms with E-state index in [1.807, 2.05) is 72.8 Å². The molecule has 10 heteroatoms. The van der Waals surface area contributed by atoms with Crippen LogP contribution in [-0.2, 0) is 11.2 Å². The van der Waals surface area contributed by atoms with Gasteiger partial charge in [0.2, 0.25) is 5.91 Å². The Kier molecular flexibility index (Phi) is 6.14. The third-order valence-corrected chi connectivity index (χ3v) is 6.73. The van der Waals surface area contributed by atoms with E-state index in [4.69, 9.17) is 0 Å². The number of fused-ring (bicyclic) bond motifs is 2. The molecular weight excluding hydrogens is 546 g/mol. The van der Waals surface area contributed by atoms with Crippen molar-refractivity contribution < 1.29 is 9.59 Å². The standard InChI is InChI=1S/C28H20BrN7O2/c29-19-11-12-22(21(15-19)27-33-35-36-34-27)32-28(38)24-13-18-8-4-10-23(26(18)31-24)30-25(37)14-17-7-3-6-16-5-1-2-9-20(16)17/h1-13,15,31H,14H2,(H,30,37)(H,32,38)(H,33,34,35,36). The van der Waals surface area contributed by atoms with Crippen LogP contribution >= 0.6 is 15.9 Å². The van der Waals surface area contributed by atoms with Crippen LogP contribution in [0.1, 0.15) is 16.1 Å². The van der Waals surface area contributed by atoms with Crippen molar-refractivity contribution in [1.29, 1.82) is 0 Å². The van der Waals surface area contributed by atoms with Crippen molar-refractivity contribution in [2.75, 3.05) is 10.6 Å². The van der Waals surface area contributed by atoms with Crippen LogP contribution in [0.15, 0.2) is 89.4 Å². The van der Waals surface area contributed by atoms with Gasteiger partial charge in [-0.1, -0.05) is 70.5 Å². The minimum absolute atomic E-state index is 0.144. The van der Waals surface area contributed by atoms with Gasteiger partial charge in [0.15, 0.2) is 5.82 Å². The van der Waals surface area contributed by atoms with Crippen molar-refractivity contribution in [1.82, 2.24) is 25.6 Å². The Morgan fingerprint density at radius 2 is 1.66 bits per heavy atom. The summed E-state index contributed by atoms with van der Waals surface area (Å²) in [6.07, 6.45) is 0.231. The van der Waals surface area contributed by atoms with Gasteiger partial charge in [-0.15, -0.1) is 5.10 Å². The first-order valence-electron chi connectivity index (χ1n) is 11.8. The highest BCUT2D eigenvalue weighted by Gasteiger charge is 2.17. The lowest BCUT2D eigenvalue weighted by molar-refractivity contribution is -0.115. The van der Waals surface area contributed by atoms with Crippen molar-refractivity contribution in [2.24, 2.45) is 0 Å². The molecule has 2 aromatic heterocycles. The average molecular weight is 566 g/mol. The average Bonchev–Trinajstić information content (AvgIpc) is 3.61. The fourth-order valence-corrected chi connectivity index (χ4v) is 4.84. The number of aromatic amines is 2. The van der Waals surface area contributed by atoms with Crippen molar-refractivity contribution >= 4 is 60.8 Å². The molecule has 186 valence electrons. The fourth-order valence-electron chi connectivity index (χ4n) is 4.48. The predicted octanol–water partition coefficient (Wildman–Crippen LogP) is 5.70. The van der Waals surface area contributed by atoms with Crippen LogP contribution in [0, 0.1) is 0 Å². The molecule has 0 aliphatic heterocycles. The Morgan fingerprint density at radius 1 is 0.842 bits per heavy atom. The number of hydrogen-bond donors (Lipinski definition) is 4. The number of anilines is 2. The maximum absolute atomic E-state index is 13.2. The van der Waals surface area contributed by atoms with E-state index in [0.717, 1.165) is 26.2 Å². The number of benzene rings is 4. The van der Waals surface area contributed by atoms with E-state index < -0.39 is 0 Å². The van der Waals surface area contributed by atoms with E-state index in [1.165, 1.54) is 0 Å². The van der Waals surface area contributed by atoms with Gasteiger partial charge in [0, 0.05) is 15.4 Å². The summed E-state index contributed by atoms with van der Waals surface area (Å²) < 4.78 is 0.816. The highest BCUT2D eigenvalue weighted by Crippen LogP contribution is 2.30. The van der Waals surface area contributed by atoms with Gasteiger partial charge in [-0.25, -0.2) is 5.10 Å². The monoisotopic (exact) mass is 565 g/mol. The summed E-state index contributed by atoms with van der Waals surface area (Å²) in [5.41, 5.74) is 3.74. The molecule has 0 radical (unpaired) electrons. The van der Waals surface area contributed by atoms with Crippen LogP contribution in [0.25, 0.3) is 33.1 Å². The first-order chi connectivity index (χ1) is 18.5. The number of amides is 2. The number of hydrogen-bond acceptors (Lipinski definition) is 5. The van der Waals surface area contributed by atoms with Gasteiger partial charge in [0.1, 0.15) is 5.69 Å². The molecule has 0 spiro atoms. The van der Waals surface area contributed by atoms with Gasteiger partial charge in [-0.05, 0) is 57.1 Å². The van der Waals surface area contributed by atoms with Crippen molar-refractivity contribution in [3.05, 3.63) is 101 Å². The number of aromatic nitrogens is 5. The minimum atomic E-state index is -0.342. The summed E-state index contributed by atoms with van der Waals surface area (Å²) in [4.78, 5) is 29.4. The van der Waals surface area contributed by atoms with Gasteiger partial charge >= 0.3 is 0 Å². The second kappa shape index (κ2) is 9.91. The summed E-state index contributed by atoms with van der Waals surface area (Å²) in [6.45, 7) is 0. The summed E-state index contributed by atoms with van der Waals surface area (Å²) >= 11 is 3.44. The van der Waals surface area contributed by atoms with Gasteiger partial charge < -0.3 is 15.6 Å². The number of rotatable bonds is 6. The van der Waals surface area contributed by atoms with E-state index in [2.05, 4.69) is 52.2 Å². The zero-order chi connectivity index (χ0) is 26.1. The molecule has 9 nitrogen and oxygen atoms in total. The smallest absolute Gasteiger partial charge is 0.272 e. The van der Waals surface area contributed by atoms with E-state index in [1.54, 1.807) is 12.1 Å². The quantitative estimate of drug-likeness (QED) is 0.206. The Hall–Kier alpha value is -4.83. The molecular formula is C28H20BrN7O2. The SMILES string of the molecule is O=C(Cc1cccc2ccccc12)Nc1cccc2cc(C(=O)Nc3ccc(Br)cc3-c3nnn[nH]3)[nH]c12. The maximum Gasteiger partial charge on any atom is 0.272 e. The van der Waals surface area contributed by atoms with E-state index in [9.17, 15) is 9.59 Å². The van der Waals surface area contributed by atoms with Crippen LogP contribution < -0.4 is 10.6 Å². The number of nitrogens with one attached hydrogen (secondary N) is 4. The lowest BCUT2D eigenvalue weighted by Crippen LogP contribution is -2.15. The number of para-hydroxylation sites is 1. The minimum Gasteiger partial charge on any atom is -0.349 e. The Labute approximate surface area is 224 Å². The molecule has 6 rings (SSSR count). The molecule has 0 bridgehead atoms. The number of tetrazole rings is 1. The van der Waals surface area contributed by atoms with Crippen LogP contribution in [0.5, 0.6) is 0 Å². The van der Waals surface area contributed by atoms with E-state index in [-0.39, 0.29) is 18.2 Å². The summed E-state index contributed by atoms with van der Waals surface area (Å²) in [5, 5.41) is 22.8. The number of nitrogens with zero attached hydrogens (tertiary/aromatic N) is 3. The highest BCUT2D eigenvalue weighted by atomic mass is 79.9. The van der Waals surface area contributed by atoms with Crippen LogP contribution in [0.3, 0.4) is 0 Å². The summed E-state index contributed by atoms with van der Waals surface area (Å²) in [6, 6.07) is 26.6. The lowest BCUT2D eigenvalue weighted by atomic mass is 10.0. The molecule has 0 saturated carbocycles. The first-order valence-corrected chi connectivity index (χ1v) is 12.6. The fraction of sp³-hybridized carbons (Fsp3) is 0.0357. The number of halogens is 1.